The summed E-state index contributed by atoms with van der Waals surface area (Å²) in [6, 6.07) is 4.52. The van der Waals surface area contributed by atoms with Gasteiger partial charge in [-0.15, -0.1) is 23.1 Å². The Morgan fingerprint density at radius 2 is 2.25 bits per heavy atom. The normalized spacial score (nSPS) is 22.9. The zero-order valence-electron chi connectivity index (χ0n) is 14.2. The molecule has 24 heavy (non-hydrogen) atoms. The molecule has 3 heterocycles. The van der Waals surface area contributed by atoms with Crippen molar-refractivity contribution >= 4 is 23.1 Å². The van der Waals surface area contributed by atoms with Gasteiger partial charge in [0.2, 0.25) is 0 Å². The molecule has 0 amide bonds. The monoisotopic (exact) mass is 359 g/mol. The van der Waals surface area contributed by atoms with E-state index < -0.39 is 0 Å². The van der Waals surface area contributed by atoms with Crippen LogP contribution in [0.3, 0.4) is 0 Å². The van der Waals surface area contributed by atoms with Crippen LogP contribution in [0.1, 0.15) is 24.6 Å². The van der Waals surface area contributed by atoms with E-state index in [-0.39, 0.29) is 6.04 Å². The van der Waals surface area contributed by atoms with E-state index in [2.05, 4.69) is 54.4 Å². The molecule has 128 valence electrons. The zero-order chi connectivity index (χ0) is 17.3. The van der Waals surface area contributed by atoms with Crippen molar-refractivity contribution in [3.63, 3.8) is 0 Å². The van der Waals surface area contributed by atoms with Crippen LogP contribution in [0.4, 0.5) is 0 Å². The molecular weight excluding hydrogens is 334 g/mol. The number of nitrogens with zero attached hydrogens (tertiary/aromatic N) is 1. The van der Waals surface area contributed by atoms with Crippen molar-refractivity contribution in [1.29, 1.82) is 0 Å². The Balaban J connectivity index is 1.60. The second-order valence-electron chi connectivity index (χ2n) is 6.39. The number of allylic oxidation sites excluding steroid dienone is 3. The number of thiophene rings is 1. The van der Waals surface area contributed by atoms with Gasteiger partial charge >= 0.3 is 0 Å². The van der Waals surface area contributed by atoms with Gasteiger partial charge in [-0.25, -0.2) is 0 Å². The van der Waals surface area contributed by atoms with Crippen molar-refractivity contribution in [2.24, 2.45) is 5.73 Å². The fraction of sp³-hybridized carbons (Fsp3) is 0.368. The van der Waals surface area contributed by atoms with Gasteiger partial charge in [0.1, 0.15) is 5.37 Å². The van der Waals surface area contributed by atoms with Crippen LogP contribution in [0.2, 0.25) is 0 Å². The summed E-state index contributed by atoms with van der Waals surface area (Å²) >= 11 is 3.75. The van der Waals surface area contributed by atoms with Gasteiger partial charge in [0.15, 0.2) is 0 Å². The minimum absolute atomic E-state index is 0.281. The second-order valence-corrected chi connectivity index (χ2v) is 8.53. The van der Waals surface area contributed by atoms with E-state index >= 15 is 0 Å². The van der Waals surface area contributed by atoms with Gasteiger partial charge in [-0.1, -0.05) is 25.8 Å². The highest BCUT2D eigenvalue weighted by Crippen LogP contribution is 2.45. The molecule has 1 fully saturated rings. The number of fused-ring (bicyclic) bond motifs is 1. The number of hydrogen-bond acceptors (Lipinski definition) is 5. The summed E-state index contributed by atoms with van der Waals surface area (Å²) in [4.78, 5) is 3.70. The average molecular weight is 360 g/mol. The van der Waals surface area contributed by atoms with Crippen LogP contribution < -0.4 is 11.1 Å². The summed E-state index contributed by atoms with van der Waals surface area (Å²) in [6.07, 6.45) is 2.74. The molecule has 0 spiro atoms. The van der Waals surface area contributed by atoms with Crippen molar-refractivity contribution in [2.75, 3.05) is 5.75 Å². The van der Waals surface area contributed by atoms with Crippen molar-refractivity contribution in [3.05, 3.63) is 70.5 Å². The molecule has 3 N–H and O–H groups in total. The van der Waals surface area contributed by atoms with E-state index in [9.17, 15) is 0 Å². The molecule has 2 unspecified atom stereocenters. The molecule has 0 bridgehead atoms. The van der Waals surface area contributed by atoms with Crippen LogP contribution in [0.15, 0.2) is 65.6 Å². The van der Waals surface area contributed by atoms with Gasteiger partial charge in [-0.2, -0.15) is 0 Å². The topological polar surface area (TPSA) is 41.3 Å². The van der Waals surface area contributed by atoms with Gasteiger partial charge in [0, 0.05) is 39.8 Å². The van der Waals surface area contributed by atoms with Gasteiger partial charge in [-0.3, -0.25) is 0 Å². The Hall–Kier alpha value is -1.59. The van der Waals surface area contributed by atoms with Crippen molar-refractivity contribution < 1.29 is 0 Å². The predicted molar refractivity (Wildman–Crippen MR) is 107 cm³/mol. The number of thioether (sulfide) groups is 1. The van der Waals surface area contributed by atoms with Crippen molar-refractivity contribution in [1.82, 2.24) is 10.2 Å². The third-order valence-corrected chi connectivity index (χ3v) is 6.80. The maximum atomic E-state index is 5.72. The highest BCUT2D eigenvalue weighted by Gasteiger charge is 2.46. The van der Waals surface area contributed by atoms with Crippen molar-refractivity contribution in [2.45, 2.75) is 37.6 Å². The Kier molecular flexibility index (Phi) is 5.11. The average Bonchev–Trinajstić information content (AvgIpc) is 3.03. The summed E-state index contributed by atoms with van der Waals surface area (Å²) < 4.78 is 0. The number of rotatable bonds is 7. The lowest BCUT2D eigenvalue weighted by Gasteiger charge is -2.54. The third kappa shape index (κ3) is 3.42. The largest absolute Gasteiger partial charge is 0.403 e. The highest BCUT2D eigenvalue weighted by molar-refractivity contribution is 8.00. The molecule has 5 heteroatoms. The maximum Gasteiger partial charge on any atom is 0.105 e. The van der Waals surface area contributed by atoms with Crippen LogP contribution in [0, 0.1) is 0 Å². The fourth-order valence-corrected chi connectivity index (χ4v) is 5.53. The summed E-state index contributed by atoms with van der Waals surface area (Å²) in [6.45, 7) is 14.5. The third-order valence-electron chi connectivity index (χ3n) is 4.58. The van der Waals surface area contributed by atoms with Gasteiger partial charge in [0.05, 0.1) is 6.04 Å². The lowest BCUT2D eigenvalue weighted by Crippen LogP contribution is -2.62. The molecule has 0 aromatic carbocycles. The fourth-order valence-electron chi connectivity index (χ4n) is 3.20. The molecule has 0 aliphatic carbocycles. The first kappa shape index (κ1) is 17.2. The van der Waals surface area contributed by atoms with E-state index in [0.29, 0.717) is 5.37 Å². The Bertz CT molecular complexity index is 687. The van der Waals surface area contributed by atoms with Crippen molar-refractivity contribution in [3.8, 4) is 0 Å². The smallest absolute Gasteiger partial charge is 0.105 e. The van der Waals surface area contributed by atoms with Crippen LogP contribution >= 0.6 is 23.1 Å². The van der Waals surface area contributed by atoms with E-state index in [0.717, 1.165) is 42.1 Å². The summed E-state index contributed by atoms with van der Waals surface area (Å²) in [5, 5.41) is 6.11. The minimum Gasteiger partial charge on any atom is -0.403 e. The van der Waals surface area contributed by atoms with Gasteiger partial charge < -0.3 is 16.0 Å². The minimum atomic E-state index is 0.281. The summed E-state index contributed by atoms with van der Waals surface area (Å²) in [5.74, 6) is 1.06. The number of hydrogen-bond donors (Lipinski definition) is 2. The molecule has 1 saturated heterocycles. The molecule has 2 atom stereocenters. The van der Waals surface area contributed by atoms with Gasteiger partial charge in [0.25, 0.3) is 0 Å². The van der Waals surface area contributed by atoms with E-state index in [4.69, 9.17) is 5.73 Å². The summed E-state index contributed by atoms with van der Waals surface area (Å²) in [5.41, 5.74) is 11.5. The van der Waals surface area contributed by atoms with E-state index in [1.165, 1.54) is 16.1 Å². The number of nitrogens with two attached hydrogens (primary N) is 1. The molecule has 1 aromatic rings. The van der Waals surface area contributed by atoms with Crippen LogP contribution in [-0.2, 0) is 6.42 Å². The Morgan fingerprint density at radius 3 is 2.92 bits per heavy atom. The standard InChI is InChI=1S/C19H25N3S2/c1-12(20)7-8-16-11-24-19-18(15(4)22(19)14(16)3)21-13(2)10-17-6-5-9-23-17/h5-6,9,18-19,21H,1-2,4,7-8,10-11,20H2,3H3. The molecule has 2 aliphatic rings. The maximum absolute atomic E-state index is 5.72. The highest BCUT2D eigenvalue weighted by atomic mass is 32.2. The predicted octanol–water partition coefficient (Wildman–Crippen LogP) is 4.19. The molecule has 1 aromatic heterocycles. The molecular formula is C19H25N3S2. The van der Waals surface area contributed by atoms with Gasteiger partial charge in [-0.05, 0) is 36.8 Å². The van der Waals surface area contributed by atoms with E-state index in [1.807, 2.05) is 11.8 Å². The molecule has 3 rings (SSSR count). The van der Waals surface area contributed by atoms with Crippen LogP contribution in [0.5, 0.6) is 0 Å². The summed E-state index contributed by atoms with van der Waals surface area (Å²) in [7, 11) is 0. The second kappa shape index (κ2) is 7.11. The first-order chi connectivity index (χ1) is 11.5. The molecule has 0 saturated carbocycles. The lowest BCUT2D eigenvalue weighted by molar-refractivity contribution is 0.223. The Labute approximate surface area is 153 Å². The zero-order valence-corrected chi connectivity index (χ0v) is 15.8. The van der Waals surface area contributed by atoms with Crippen LogP contribution in [0.25, 0.3) is 0 Å². The Morgan fingerprint density at radius 1 is 1.46 bits per heavy atom. The molecule has 3 nitrogen and oxygen atoms in total. The SMILES string of the molecule is C=C(N)CCC1=C(C)N2C(=C)C(NC(=C)Cc3cccs3)C2SC1. The molecule has 2 aliphatic heterocycles. The van der Waals surface area contributed by atoms with Crippen LogP contribution in [-0.4, -0.2) is 22.1 Å². The van der Waals surface area contributed by atoms with E-state index in [1.54, 1.807) is 11.3 Å². The number of nitrogens with one attached hydrogen (secondary N) is 1. The quantitative estimate of drug-likeness (QED) is 0.766. The first-order valence-electron chi connectivity index (χ1n) is 8.15. The molecule has 0 radical (unpaired) electrons. The first-order valence-corrected chi connectivity index (χ1v) is 10.1. The lowest BCUT2D eigenvalue weighted by atomic mass is 9.98.